The molecule has 3 atom stereocenters. The summed E-state index contributed by atoms with van der Waals surface area (Å²) in [6.45, 7) is 8.36. The van der Waals surface area contributed by atoms with E-state index in [1.54, 1.807) is 20.8 Å². The summed E-state index contributed by atoms with van der Waals surface area (Å²) in [6, 6.07) is 9.50. The monoisotopic (exact) mass is 614 g/mol. The van der Waals surface area contributed by atoms with Crippen LogP contribution in [0.2, 0.25) is 0 Å². The molecule has 0 saturated carbocycles. The maximum Gasteiger partial charge on any atom is 0.409 e. The average molecular weight is 615 g/mol. The zero-order valence-corrected chi connectivity index (χ0v) is 25.6. The molecule has 1 aliphatic rings. The Morgan fingerprint density at radius 2 is 1.84 bits per heavy atom. The van der Waals surface area contributed by atoms with Gasteiger partial charge in [-0.3, -0.25) is 19.2 Å². The number of rotatable bonds is 14. The van der Waals surface area contributed by atoms with Gasteiger partial charge in [0.05, 0.1) is 36.8 Å². The summed E-state index contributed by atoms with van der Waals surface area (Å²) in [5, 5.41) is 14.9. The number of carboxylic acids is 1. The van der Waals surface area contributed by atoms with E-state index in [0.717, 1.165) is 5.69 Å². The van der Waals surface area contributed by atoms with Crippen molar-refractivity contribution in [2.24, 2.45) is 5.92 Å². The lowest BCUT2D eigenvalue weighted by molar-refractivity contribution is -0.155. The van der Waals surface area contributed by atoms with E-state index in [9.17, 15) is 29.1 Å². The molecule has 0 radical (unpaired) electrons. The van der Waals surface area contributed by atoms with Crippen molar-refractivity contribution in [3.8, 4) is 0 Å². The summed E-state index contributed by atoms with van der Waals surface area (Å²) < 4.78 is 15.8. The van der Waals surface area contributed by atoms with Crippen molar-refractivity contribution in [1.29, 1.82) is 0 Å². The molecule has 13 nitrogen and oxygen atoms in total. The number of aliphatic carboxylic acids is 1. The molecule has 1 aromatic carbocycles. The summed E-state index contributed by atoms with van der Waals surface area (Å²) >= 11 is 0. The lowest BCUT2D eigenvalue weighted by Crippen LogP contribution is -2.48. The van der Waals surface area contributed by atoms with Crippen LogP contribution in [0.3, 0.4) is 0 Å². The zero-order valence-electron chi connectivity index (χ0n) is 25.6. The number of amides is 3. The van der Waals surface area contributed by atoms with Crippen LogP contribution in [-0.2, 0) is 23.9 Å². The summed E-state index contributed by atoms with van der Waals surface area (Å²) in [7, 11) is 0. The highest BCUT2D eigenvalue weighted by atomic mass is 16.6. The first-order chi connectivity index (χ1) is 20.9. The molecule has 0 bridgehead atoms. The highest BCUT2D eigenvalue weighted by Crippen LogP contribution is 2.21. The van der Waals surface area contributed by atoms with Crippen LogP contribution in [0.15, 0.2) is 53.3 Å². The minimum atomic E-state index is -1.16. The van der Waals surface area contributed by atoms with Crippen molar-refractivity contribution in [2.75, 3.05) is 37.7 Å². The lowest BCUT2D eigenvalue weighted by Gasteiger charge is -2.24. The van der Waals surface area contributed by atoms with Crippen LogP contribution < -0.4 is 15.5 Å². The van der Waals surface area contributed by atoms with Crippen LogP contribution in [0.25, 0.3) is 0 Å². The largest absolute Gasteiger partial charge is 0.481 e. The average Bonchev–Trinajstić information content (AvgIpc) is 3.64. The number of nitrogens with one attached hydrogen (secondary N) is 2. The van der Waals surface area contributed by atoms with Crippen LogP contribution in [0.5, 0.6) is 0 Å². The number of furan rings is 1. The second kappa shape index (κ2) is 15.8. The van der Waals surface area contributed by atoms with Gasteiger partial charge >= 0.3 is 18.0 Å². The van der Waals surface area contributed by atoms with Gasteiger partial charge < -0.3 is 39.4 Å². The van der Waals surface area contributed by atoms with Gasteiger partial charge in [0, 0.05) is 37.8 Å². The van der Waals surface area contributed by atoms with E-state index in [2.05, 4.69) is 15.5 Å². The fourth-order valence-corrected chi connectivity index (χ4v) is 4.88. The standard InChI is InChI=1S/C31H42N4O9/c1-5-34(23-9-7-6-8-10-23)14-16-43-30(41)35-18-24(25(19-35)33-28(39)21-13-15-42-20-21)29(40)32-22(17-26(36)37)11-12-27(38)44-31(2,3)4/h6-10,13,15,20,22,24-25H,5,11-12,14,16-19H2,1-4H3,(H,32,40)(H,33,39)(H,36,37)/t22-,24-,25+/m1/s1. The first-order valence-electron chi connectivity index (χ1n) is 14.6. The van der Waals surface area contributed by atoms with Gasteiger partial charge in [-0.05, 0) is 52.3 Å². The van der Waals surface area contributed by atoms with Gasteiger partial charge in [-0.1, -0.05) is 18.2 Å². The molecule has 3 N–H and O–H groups in total. The highest BCUT2D eigenvalue weighted by molar-refractivity contribution is 5.94. The van der Waals surface area contributed by atoms with Crippen molar-refractivity contribution in [2.45, 2.75) is 64.6 Å². The molecule has 44 heavy (non-hydrogen) atoms. The molecule has 1 fully saturated rings. The number of carboxylic acid groups (broad SMARTS) is 1. The van der Waals surface area contributed by atoms with Crippen LogP contribution in [-0.4, -0.2) is 90.3 Å². The van der Waals surface area contributed by atoms with Gasteiger partial charge in [0.2, 0.25) is 5.91 Å². The molecule has 240 valence electrons. The Morgan fingerprint density at radius 3 is 2.45 bits per heavy atom. The number of para-hydroxylation sites is 1. The number of anilines is 1. The molecule has 1 aliphatic heterocycles. The molecule has 0 unspecified atom stereocenters. The lowest BCUT2D eigenvalue weighted by atomic mass is 10.00. The molecule has 1 saturated heterocycles. The molecular weight excluding hydrogens is 572 g/mol. The number of benzene rings is 1. The molecule has 2 aromatic rings. The Labute approximate surface area is 256 Å². The highest BCUT2D eigenvalue weighted by Gasteiger charge is 2.42. The van der Waals surface area contributed by atoms with Gasteiger partial charge in [0.15, 0.2) is 0 Å². The Kier molecular flexibility index (Phi) is 12.2. The third kappa shape index (κ3) is 10.6. The van der Waals surface area contributed by atoms with Gasteiger partial charge in [0.1, 0.15) is 18.5 Å². The van der Waals surface area contributed by atoms with Crippen molar-refractivity contribution < 1.29 is 43.0 Å². The number of likely N-dealkylation sites (N-methyl/N-ethyl adjacent to an activating group) is 1. The normalized spacial score (nSPS) is 17.0. The molecule has 2 heterocycles. The summed E-state index contributed by atoms with van der Waals surface area (Å²) in [4.78, 5) is 66.5. The smallest absolute Gasteiger partial charge is 0.409 e. The molecule has 13 heteroatoms. The molecular formula is C31H42N4O9. The number of esters is 1. The quantitative estimate of drug-likeness (QED) is 0.269. The predicted molar refractivity (Wildman–Crippen MR) is 160 cm³/mol. The third-order valence-electron chi connectivity index (χ3n) is 6.99. The van der Waals surface area contributed by atoms with Crippen LogP contribution in [0.1, 0.15) is 57.3 Å². The van der Waals surface area contributed by atoms with Crippen molar-refractivity contribution in [3.05, 3.63) is 54.5 Å². The second-order valence-corrected chi connectivity index (χ2v) is 11.6. The summed E-state index contributed by atoms with van der Waals surface area (Å²) in [5.74, 6) is -3.64. The molecule has 0 spiro atoms. The zero-order chi connectivity index (χ0) is 32.3. The first kappa shape index (κ1) is 33.9. The Balaban J connectivity index is 1.66. The van der Waals surface area contributed by atoms with E-state index >= 15 is 0 Å². The maximum absolute atomic E-state index is 13.5. The molecule has 0 aliphatic carbocycles. The summed E-state index contributed by atoms with van der Waals surface area (Å²) in [6.07, 6.45) is 1.47. The summed E-state index contributed by atoms with van der Waals surface area (Å²) in [5.41, 5.74) is 0.529. The third-order valence-corrected chi connectivity index (χ3v) is 6.99. The van der Waals surface area contributed by atoms with Crippen molar-refractivity contribution in [3.63, 3.8) is 0 Å². The van der Waals surface area contributed by atoms with E-state index in [-0.39, 0.29) is 38.1 Å². The second-order valence-electron chi connectivity index (χ2n) is 11.6. The van der Waals surface area contributed by atoms with E-state index in [4.69, 9.17) is 13.9 Å². The Morgan fingerprint density at radius 1 is 1.11 bits per heavy atom. The SMILES string of the molecule is CCN(CCOC(=O)N1C[C@H](NC(=O)c2ccoc2)[C@H](C(=O)N[C@H](CCC(=O)OC(C)(C)C)CC(=O)O)C1)c1ccccc1. The maximum atomic E-state index is 13.5. The number of hydrogen-bond donors (Lipinski definition) is 3. The first-order valence-corrected chi connectivity index (χ1v) is 14.6. The predicted octanol–water partition coefficient (Wildman–Crippen LogP) is 3.05. The van der Waals surface area contributed by atoms with Crippen LogP contribution in [0, 0.1) is 5.92 Å². The molecule has 3 rings (SSSR count). The van der Waals surface area contributed by atoms with Gasteiger partial charge in [-0.15, -0.1) is 0 Å². The minimum absolute atomic E-state index is 0.00179. The van der Waals surface area contributed by atoms with Crippen LogP contribution >= 0.6 is 0 Å². The van der Waals surface area contributed by atoms with Gasteiger partial charge in [-0.25, -0.2) is 4.79 Å². The number of carbonyl (C=O) groups is 5. The number of ether oxygens (including phenoxy) is 2. The Bertz CT molecular complexity index is 1260. The fraction of sp³-hybridized carbons (Fsp3) is 0.516. The number of carbonyl (C=O) groups excluding carboxylic acids is 4. The minimum Gasteiger partial charge on any atom is -0.481 e. The van der Waals surface area contributed by atoms with E-state index in [1.165, 1.54) is 23.5 Å². The number of nitrogens with zero attached hydrogens (tertiary/aromatic N) is 2. The topological polar surface area (TPSA) is 168 Å². The van der Waals surface area contributed by atoms with E-state index in [0.29, 0.717) is 13.1 Å². The van der Waals surface area contributed by atoms with Gasteiger partial charge in [-0.2, -0.15) is 0 Å². The van der Waals surface area contributed by atoms with Crippen LogP contribution in [0.4, 0.5) is 10.5 Å². The van der Waals surface area contributed by atoms with Gasteiger partial charge in [0.25, 0.3) is 5.91 Å². The van der Waals surface area contributed by atoms with Crippen molar-refractivity contribution in [1.82, 2.24) is 15.5 Å². The molecule has 1 aromatic heterocycles. The Hall–Kier alpha value is -4.55. The van der Waals surface area contributed by atoms with Crippen molar-refractivity contribution >= 4 is 35.5 Å². The molecule has 3 amide bonds. The van der Waals surface area contributed by atoms with E-state index in [1.807, 2.05) is 37.3 Å². The number of hydrogen-bond acceptors (Lipinski definition) is 9. The number of likely N-dealkylation sites (tertiary alicyclic amines) is 1. The van der Waals surface area contributed by atoms with E-state index < -0.39 is 59.9 Å². The fourth-order valence-electron chi connectivity index (χ4n) is 4.88.